The van der Waals surface area contributed by atoms with E-state index in [4.69, 9.17) is 15.5 Å². The van der Waals surface area contributed by atoms with Crippen molar-refractivity contribution in [1.82, 2.24) is 24.6 Å². The Morgan fingerprint density at radius 3 is 2.31 bits per heavy atom. The van der Waals surface area contributed by atoms with Crippen molar-refractivity contribution < 1.29 is 19.8 Å². The molecule has 186 valence electrons. The lowest BCUT2D eigenvalue weighted by Crippen LogP contribution is -2.46. The van der Waals surface area contributed by atoms with Crippen LogP contribution in [0.25, 0.3) is 11.3 Å². The topological polar surface area (TPSA) is 148 Å². The van der Waals surface area contributed by atoms with Crippen molar-refractivity contribution in [2.75, 3.05) is 31.1 Å². The lowest BCUT2D eigenvalue weighted by molar-refractivity contribution is -0.134. The molecule has 3 heterocycles. The minimum atomic E-state index is -1.26. The Bertz CT molecular complexity index is 1270. The molecule has 0 saturated carbocycles. The van der Waals surface area contributed by atoms with Crippen LogP contribution in [0.5, 0.6) is 0 Å². The summed E-state index contributed by atoms with van der Waals surface area (Å²) in [5, 5.41) is 29.0. The number of aliphatic carboxylic acids is 2. The predicted octanol–water partition coefficient (Wildman–Crippen LogP) is 2.09. The number of nitrogens with zero attached hydrogens (tertiary/aromatic N) is 7. The van der Waals surface area contributed by atoms with Gasteiger partial charge in [0.25, 0.3) is 0 Å². The molecule has 11 nitrogen and oxygen atoms in total. The first-order chi connectivity index (χ1) is 17.3. The molecule has 1 fully saturated rings. The van der Waals surface area contributed by atoms with Gasteiger partial charge in [0.05, 0.1) is 17.8 Å². The summed E-state index contributed by atoms with van der Waals surface area (Å²) < 4.78 is 1.84. The molecule has 2 N–H and O–H groups in total. The molecule has 0 amide bonds. The van der Waals surface area contributed by atoms with E-state index in [9.17, 15) is 9.59 Å². The van der Waals surface area contributed by atoms with Crippen LogP contribution in [0.2, 0.25) is 0 Å². The first-order valence-corrected chi connectivity index (χ1v) is 11.2. The Balaban J connectivity index is 0.000000392. The molecule has 0 aliphatic carbocycles. The quantitative estimate of drug-likeness (QED) is 0.493. The second kappa shape index (κ2) is 12.2. The van der Waals surface area contributed by atoms with Crippen molar-refractivity contribution in [1.29, 1.82) is 5.26 Å². The van der Waals surface area contributed by atoms with Gasteiger partial charge in [-0.2, -0.15) is 10.4 Å². The van der Waals surface area contributed by atoms with Crippen molar-refractivity contribution in [2.45, 2.75) is 13.5 Å². The molecular weight excluding hydrogens is 462 g/mol. The fourth-order valence-corrected chi connectivity index (χ4v) is 3.82. The molecule has 1 aromatic carbocycles. The van der Waals surface area contributed by atoms with Gasteiger partial charge in [-0.15, -0.1) is 0 Å². The van der Waals surface area contributed by atoms with Gasteiger partial charge in [0.1, 0.15) is 5.69 Å². The number of aryl methyl sites for hydroxylation is 2. The highest BCUT2D eigenvalue weighted by Crippen LogP contribution is 2.30. The average molecular weight is 490 g/mol. The smallest absolute Gasteiger partial charge is 0.328 e. The van der Waals surface area contributed by atoms with E-state index in [1.54, 1.807) is 12.4 Å². The SMILES string of the molecule is Cc1cc(C#N)ccc1-c1nccnc1N1CCN(Cc2cnn(C)c2)CC1.O=C(O)C=CC(=O)O. The number of carboxylic acid groups (broad SMARTS) is 2. The maximum Gasteiger partial charge on any atom is 0.328 e. The molecule has 0 atom stereocenters. The van der Waals surface area contributed by atoms with Crippen LogP contribution >= 0.6 is 0 Å². The molecule has 1 saturated heterocycles. The number of hydrogen-bond acceptors (Lipinski definition) is 8. The number of hydrogen-bond donors (Lipinski definition) is 2. The van der Waals surface area contributed by atoms with Gasteiger partial charge in [-0.3, -0.25) is 14.6 Å². The van der Waals surface area contributed by atoms with E-state index in [1.807, 2.05) is 43.0 Å². The average Bonchev–Trinajstić information content (AvgIpc) is 3.28. The number of carboxylic acids is 2. The van der Waals surface area contributed by atoms with Gasteiger partial charge < -0.3 is 15.1 Å². The van der Waals surface area contributed by atoms with Crippen molar-refractivity contribution in [3.8, 4) is 17.3 Å². The van der Waals surface area contributed by atoms with E-state index in [2.05, 4.69) is 37.1 Å². The number of rotatable bonds is 6. The van der Waals surface area contributed by atoms with Gasteiger partial charge in [0.15, 0.2) is 5.82 Å². The number of piperazine rings is 1. The Hall–Kier alpha value is -4.56. The van der Waals surface area contributed by atoms with Crippen molar-refractivity contribution >= 4 is 17.8 Å². The maximum absolute atomic E-state index is 9.55. The molecular formula is C25H27N7O4. The molecule has 0 unspecified atom stereocenters. The highest BCUT2D eigenvalue weighted by Gasteiger charge is 2.22. The molecule has 3 aromatic rings. The monoisotopic (exact) mass is 489 g/mol. The summed E-state index contributed by atoms with van der Waals surface area (Å²) in [4.78, 5) is 33.1. The Morgan fingerprint density at radius 2 is 1.75 bits per heavy atom. The molecule has 11 heteroatoms. The number of anilines is 1. The zero-order valence-corrected chi connectivity index (χ0v) is 20.1. The second-order valence-corrected chi connectivity index (χ2v) is 8.17. The van der Waals surface area contributed by atoms with Crippen molar-refractivity contribution in [2.24, 2.45) is 7.05 Å². The van der Waals surface area contributed by atoms with Crippen LogP contribution in [-0.2, 0) is 23.2 Å². The van der Waals surface area contributed by atoms with Crippen molar-refractivity contribution in [3.63, 3.8) is 0 Å². The summed E-state index contributed by atoms with van der Waals surface area (Å²) in [6, 6.07) is 7.91. The lowest BCUT2D eigenvalue weighted by atomic mass is 10.0. The first-order valence-electron chi connectivity index (χ1n) is 11.2. The van der Waals surface area contributed by atoms with E-state index >= 15 is 0 Å². The van der Waals surface area contributed by atoms with Crippen LogP contribution in [0.4, 0.5) is 5.82 Å². The maximum atomic E-state index is 9.55. The Kier molecular flexibility index (Phi) is 8.85. The summed E-state index contributed by atoms with van der Waals surface area (Å²) in [7, 11) is 1.95. The zero-order chi connectivity index (χ0) is 26.1. The molecule has 0 radical (unpaired) electrons. The molecule has 1 aliphatic rings. The molecule has 4 rings (SSSR count). The van der Waals surface area contributed by atoms with Crippen LogP contribution in [0.1, 0.15) is 16.7 Å². The fourth-order valence-electron chi connectivity index (χ4n) is 3.82. The molecule has 0 bridgehead atoms. The predicted molar refractivity (Wildman–Crippen MR) is 132 cm³/mol. The molecule has 1 aliphatic heterocycles. The summed E-state index contributed by atoms with van der Waals surface area (Å²) in [5.41, 5.74) is 4.85. The Labute approximate surface area is 208 Å². The Morgan fingerprint density at radius 1 is 1.08 bits per heavy atom. The van der Waals surface area contributed by atoms with E-state index in [1.165, 1.54) is 5.56 Å². The molecule has 2 aromatic heterocycles. The summed E-state index contributed by atoms with van der Waals surface area (Å²) in [6.45, 7) is 6.68. The minimum Gasteiger partial charge on any atom is -0.478 e. The van der Waals surface area contributed by atoms with Gasteiger partial charge in [0, 0.05) is 81.6 Å². The highest BCUT2D eigenvalue weighted by molar-refractivity contribution is 5.89. The van der Waals surface area contributed by atoms with Gasteiger partial charge in [-0.05, 0) is 24.6 Å². The van der Waals surface area contributed by atoms with Crippen LogP contribution in [-0.4, -0.2) is 73.0 Å². The number of carbonyl (C=O) groups is 2. The molecule has 36 heavy (non-hydrogen) atoms. The highest BCUT2D eigenvalue weighted by atomic mass is 16.4. The van der Waals surface area contributed by atoms with E-state index in [0.717, 1.165) is 55.4 Å². The molecule has 0 spiro atoms. The summed E-state index contributed by atoms with van der Waals surface area (Å²) >= 11 is 0. The van der Waals surface area contributed by atoms with Crippen LogP contribution in [0, 0.1) is 18.3 Å². The third-order valence-corrected chi connectivity index (χ3v) is 5.49. The zero-order valence-electron chi connectivity index (χ0n) is 20.1. The number of aromatic nitrogens is 4. The second-order valence-electron chi connectivity index (χ2n) is 8.17. The van der Waals surface area contributed by atoms with E-state index in [-0.39, 0.29) is 0 Å². The van der Waals surface area contributed by atoms with Crippen molar-refractivity contribution in [3.05, 3.63) is 71.8 Å². The fraction of sp³-hybridized carbons (Fsp3) is 0.280. The number of nitriles is 1. The summed E-state index contributed by atoms with van der Waals surface area (Å²) in [6.07, 6.45) is 8.60. The van der Waals surface area contributed by atoms with Crippen LogP contribution in [0.15, 0.2) is 55.1 Å². The third kappa shape index (κ3) is 7.22. The van der Waals surface area contributed by atoms with Crippen LogP contribution in [0.3, 0.4) is 0 Å². The first kappa shape index (κ1) is 26.1. The minimum absolute atomic E-state index is 0.558. The van der Waals surface area contributed by atoms with Gasteiger partial charge in [-0.1, -0.05) is 6.07 Å². The van der Waals surface area contributed by atoms with E-state index in [0.29, 0.717) is 17.7 Å². The third-order valence-electron chi connectivity index (χ3n) is 5.49. The van der Waals surface area contributed by atoms with Gasteiger partial charge in [-0.25, -0.2) is 14.6 Å². The number of benzene rings is 1. The normalized spacial score (nSPS) is 13.6. The van der Waals surface area contributed by atoms with Crippen LogP contribution < -0.4 is 4.90 Å². The lowest BCUT2D eigenvalue weighted by Gasteiger charge is -2.35. The van der Waals surface area contributed by atoms with Gasteiger partial charge >= 0.3 is 11.9 Å². The largest absolute Gasteiger partial charge is 0.478 e. The van der Waals surface area contributed by atoms with E-state index < -0.39 is 11.9 Å². The standard InChI is InChI=1S/C21H23N7.C4H4O4/c1-16-11-17(12-22)3-4-19(16)20-21(24-6-5-23-20)28-9-7-27(8-10-28)15-18-13-25-26(2)14-18;5-3(6)1-2-4(7)8/h3-6,11,13-14H,7-10,15H2,1-2H3;1-2H,(H,5,6)(H,7,8). The summed E-state index contributed by atoms with van der Waals surface area (Å²) in [5.74, 6) is -1.60. The van der Waals surface area contributed by atoms with Gasteiger partial charge in [0.2, 0.25) is 0 Å².